The molecule has 0 aliphatic carbocycles. The number of halogens is 3. The normalized spacial score (nSPS) is 15.5. The van der Waals surface area contributed by atoms with Crippen molar-refractivity contribution in [3.05, 3.63) is 101 Å². The number of anilines is 1. The first-order valence-corrected chi connectivity index (χ1v) is 11.1. The Labute approximate surface area is 199 Å². The minimum absolute atomic E-state index is 0.0203. The van der Waals surface area contributed by atoms with Crippen LogP contribution in [0.2, 0.25) is 0 Å². The van der Waals surface area contributed by atoms with Gasteiger partial charge in [-0.25, -0.2) is 0 Å². The number of rotatable bonds is 4. The number of benzene rings is 3. The van der Waals surface area contributed by atoms with Crippen molar-refractivity contribution in [3.8, 4) is 0 Å². The number of alkyl halides is 3. The summed E-state index contributed by atoms with van der Waals surface area (Å²) in [5, 5.41) is 3.50. The van der Waals surface area contributed by atoms with Crippen molar-refractivity contribution in [1.29, 1.82) is 0 Å². The number of para-hydroxylation sites is 1. The van der Waals surface area contributed by atoms with Gasteiger partial charge in [-0.3, -0.25) is 9.59 Å². The minimum atomic E-state index is -4.52. The standard InChI is InChI=1S/C27H22F3N3O2/c1-16-24(21-12-5-6-13-22(21)32(16)2)25-19-10-3-4-11-20(19)26(35)33(25)15-23(34)31-18-9-7-8-17(14-18)27(28,29)30/h3-14,25H,15H2,1-2H3,(H,31,34)/t25-/m0/s1. The van der Waals surface area contributed by atoms with Crippen LogP contribution < -0.4 is 5.32 Å². The monoisotopic (exact) mass is 477 g/mol. The molecule has 4 aromatic rings. The Kier molecular flexibility index (Phi) is 5.39. The third kappa shape index (κ3) is 3.84. The number of aryl methyl sites for hydroxylation is 1. The van der Waals surface area contributed by atoms with Crippen LogP contribution in [0.15, 0.2) is 72.8 Å². The van der Waals surface area contributed by atoms with Crippen molar-refractivity contribution in [2.24, 2.45) is 7.05 Å². The van der Waals surface area contributed by atoms with Crippen LogP contribution in [0.25, 0.3) is 10.9 Å². The summed E-state index contributed by atoms with van der Waals surface area (Å²) in [4.78, 5) is 27.9. The van der Waals surface area contributed by atoms with Gasteiger partial charge in [-0.2, -0.15) is 13.2 Å². The Balaban J connectivity index is 1.52. The molecule has 2 heterocycles. The maximum atomic E-state index is 13.4. The lowest BCUT2D eigenvalue weighted by atomic mass is 9.95. The van der Waals surface area contributed by atoms with Crippen LogP contribution >= 0.6 is 0 Å². The van der Waals surface area contributed by atoms with Crippen LogP contribution in [0.4, 0.5) is 18.9 Å². The Morgan fingerprint density at radius 2 is 1.71 bits per heavy atom. The quantitative estimate of drug-likeness (QED) is 0.411. The summed E-state index contributed by atoms with van der Waals surface area (Å²) in [7, 11) is 1.95. The largest absolute Gasteiger partial charge is 0.416 e. The second-order valence-electron chi connectivity index (χ2n) is 8.62. The molecule has 5 nitrogen and oxygen atoms in total. The fourth-order valence-electron chi connectivity index (χ4n) is 4.87. The molecule has 1 aromatic heterocycles. The average Bonchev–Trinajstić information content (AvgIpc) is 3.24. The molecule has 35 heavy (non-hydrogen) atoms. The molecule has 1 atom stereocenters. The number of amides is 2. The third-order valence-electron chi connectivity index (χ3n) is 6.57. The molecule has 5 rings (SSSR count). The summed E-state index contributed by atoms with van der Waals surface area (Å²) in [6.45, 7) is 1.67. The molecule has 0 saturated carbocycles. The van der Waals surface area contributed by atoms with Crippen LogP contribution in [0, 0.1) is 6.92 Å². The van der Waals surface area contributed by atoms with E-state index >= 15 is 0 Å². The van der Waals surface area contributed by atoms with Gasteiger partial charge in [0.15, 0.2) is 0 Å². The molecule has 8 heteroatoms. The first-order valence-electron chi connectivity index (χ1n) is 11.1. The predicted molar refractivity (Wildman–Crippen MR) is 127 cm³/mol. The summed E-state index contributed by atoms with van der Waals surface area (Å²) >= 11 is 0. The Morgan fingerprint density at radius 1 is 1.00 bits per heavy atom. The van der Waals surface area contributed by atoms with Gasteiger partial charge < -0.3 is 14.8 Å². The zero-order valence-electron chi connectivity index (χ0n) is 19.1. The molecule has 0 fully saturated rings. The number of carbonyl (C=O) groups is 2. The average molecular weight is 477 g/mol. The second kappa shape index (κ2) is 8.30. The molecule has 1 aliphatic rings. The van der Waals surface area contributed by atoms with Crippen molar-refractivity contribution in [2.45, 2.75) is 19.1 Å². The van der Waals surface area contributed by atoms with Gasteiger partial charge in [-0.05, 0) is 42.8 Å². The molecule has 0 radical (unpaired) electrons. The van der Waals surface area contributed by atoms with Gasteiger partial charge in [0.1, 0.15) is 6.54 Å². The van der Waals surface area contributed by atoms with Crippen LogP contribution in [0.1, 0.15) is 38.8 Å². The van der Waals surface area contributed by atoms with E-state index in [2.05, 4.69) is 9.88 Å². The molecule has 0 bridgehead atoms. The smallest absolute Gasteiger partial charge is 0.348 e. The van der Waals surface area contributed by atoms with Gasteiger partial charge in [-0.1, -0.05) is 42.5 Å². The highest BCUT2D eigenvalue weighted by Gasteiger charge is 2.40. The van der Waals surface area contributed by atoms with Gasteiger partial charge in [0.25, 0.3) is 5.91 Å². The van der Waals surface area contributed by atoms with E-state index in [-0.39, 0.29) is 18.1 Å². The number of fused-ring (bicyclic) bond motifs is 2. The van der Waals surface area contributed by atoms with Gasteiger partial charge in [0.2, 0.25) is 5.91 Å². The van der Waals surface area contributed by atoms with Crippen molar-refractivity contribution in [1.82, 2.24) is 9.47 Å². The van der Waals surface area contributed by atoms with E-state index < -0.39 is 23.7 Å². The van der Waals surface area contributed by atoms with Crippen LogP contribution in [-0.4, -0.2) is 27.8 Å². The molecule has 2 amide bonds. The predicted octanol–water partition coefficient (Wildman–Crippen LogP) is 5.69. The molecule has 0 spiro atoms. The van der Waals surface area contributed by atoms with E-state index in [1.54, 1.807) is 12.1 Å². The van der Waals surface area contributed by atoms with E-state index in [9.17, 15) is 22.8 Å². The van der Waals surface area contributed by atoms with Crippen molar-refractivity contribution < 1.29 is 22.8 Å². The lowest BCUT2D eigenvalue weighted by Gasteiger charge is -2.26. The molecule has 1 aliphatic heterocycles. The molecule has 1 N–H and O–H groups in total. The Bertz CT molecular complexity index is 1470. The number of nitrogens with one attached hydrogen (secondary N) is 1. The molecule has 0 saturated heterocycles. The summed E-state index contributed by atoms with van der Waals surface area (Å²) in [6, 6.07) is 19.0. The number of aromatic nitrogens is 1. The van der Waals surface area contributed by atoms with Crippen molar-refractivity contribution >= 4 is 28.4 Å². The first kappa shape index (κ1) is 22.7. The summed E-state index contributed by atoms with van der Waals surface area (Å²) in [5.74, 6) is -0.870. The minimum Gasteiger partial charge on any atom is -0.348 e. The van der Waals surface area contributed by atoms with E-state index in [0.717, 1.165) is 39.9 Å². The second-order valence-corrected chi connectivity index (χ2v) is 8.62. The summed E-state index contributed by atoms with van der Waals surface area (Å²) < 4.78 is 41.3. The molecular formula is C27H22F3N3O2. The van der Waals surface area contributed by atoms with E-state index in [4.69, 9.17) is 0 Å². The number of hydrogen-bond donors (Lipinski definition) is 1. The van der Waals surface area contributed by atoms with Crippen molar-refractivity contribution in [2.75, 3.05) is 11.9 Å². The molecule has 0 unspecified atom stereocenters. The number of carbonyl (C=O) groups excluding carboxylic acids is 2. The lowest BCUT2D eigenvalue weighted by molar-refractivity contribution is -0.137. The topological polar surface area (TPSA) is 54.3 Å². The lowest BCUT2D eigenvalue weighted by Crippen LogP contribution is -2.36. The van der Waals surface area contributed by atoms with Gasteiger partial charge in [0.05, 0.1) is 11.6 Å². The number of hydrogen-bond acceptors (Lipinski definition) is 2. The summed E-state index contributed by atoms with van der Waals surface area (Å²) in [6.07, 6.45) is -4.52. The third-order valence-corrected chi connectivity index (χ3v) is 6.57. The molecule has 3 aromatic carbocycles. The van der Waals surface area contributed by atoms with Crippen LogP contribution in [-0.2, 0) is 18.0 Å². The highest BCUT2D eigenvalue weighted by Crippen LogP contribution is 2.43. The Hall–Kier alpha value is -4.07. The molecule has 178 valence electrons. The van der Waals surface area contributed by atoms with E-state index in [1.807, 2.05) is 50.4 Å². The van der Waals surface area contributed by atoms with Crippen LogP contribution in [0.5, 0.6) is 0 Å². The van der Waals surface area contributed by atoms with Gasteiger partial charge in [-0.15, -0.1) is 0 Å². The van der Waals surface area contributed by atoms with Gasteiger partial charge in [0, 0.05) is 40.5 Å². The Morgan fingerprint density at radius 3 is 2.49 bits per heavy atom. The first-order chi connectivity index (χ1) is 16.7. The van der Waals surface area contributed by atoms with Gasteiger partial charge >= 0.3 is 6.18 Å². The number of nitrogens with zero attached hydrogens (tertiary/aromatic N) is 2. The molecular weight excluding hydrogens is 455 g/mol. The van der Waals surface area contributed by atoms with Crippen molar-refractivity contribution in [3.63, 3.8) is 0 Å². The highest BCUT2D eigenvalue weighted by molar-refractivity contribution is 6.04. The maximum Gasteiger partial charge on any atom is 0.416 e. The SMILES string of the molecule is Cc1c([C@@H]2c3ccccc3C(=O)N2CC(=O)Nc2cccc(C(F)(F)F)c2)c2ccccc2n1C. The fraction of sp³-hybridized carbons (Fsp3) is 0.185. The summed E-state index contributed by atoms with van der Waals surface area (Å²) in [5.41, 5.74) is 3.36. The van der Waals surface area contributed by atoms with E-state index in [1.165, 1.54) is 17.0 Å². The maximum absolute atomic E-state index is 13.4. The van der Waals surface area contributed by atoms with Crippen LogP contribution in [0.3, 0.4) is 0 Å². The highest BCUT2D eigenvalue weighted by atomic mass is 19.4. The fourth-order valence-corrected chi connectivity index (χ4v) is 4.87. The van der Waals surface area contributed by atoms with E-state index in [0.29, 0.717) is 5.56 Å². The zero-order valence-corrected chi connectivity index (χ0v) is 19.1. The zero-order chi connectivity index (χ0) is 24.9.